The molecule has 12 rings (SSSR count). The van der Waals surface area contributed by atoms with Crippen LogP contribution in [0.4, 0.5) is 17.1 Å². The number of nitrogens with zero attached hydrogens (tertiary/aromatic N) is 2. The quantitative estimate of drug-likeness (QED) is 0.156. The molecule has 0 saturated carbocycles. The Bertz CT molecular complexity index is 3490. The Kier molecular flexibility index (Phi) is 8.55. The van der Waals surface area contributed by atoms with Gasteiger partial charge in [-0.3, -0.25) is 0 Å². The molecular weight excluding hydrogens is 761 g/mol. The Hall–Kier alpha value is -7.94. The molecule has 1 aliphatic rings. The van der Waals surface area contributed by atoms with Gasteiger partial charge in [-0.1, -0.05) is 166 Å². The van der Waals surface area contributed by atoms with Crippen LogP contribution in [0.2, 0.25) is 0 Å². The smallest absolute Gasteiger partial charge is 0.0547 e. The van der Waals surface area contributed by atoms with E-state index in [0.717, 1.165) is 22.7 Å². The van der Waals surface area contributed by atoms with Crippen molar-refractivity contribution in [3.05, 3.63) is 242 Å². The summed E-state index contributed by atoms with van der Waals surface area (Å²) in [6.07, 6.45) is 0. The zero-order chi connectivity index (χ0) is 42.1. The highest BCUT2D eigenvalue weighted by Crippen LogP contribution is 2.52. The lowest BCUT2D eigenvalue weighted by molar-refractivity contribution is 0.661. The van der Waals surface area contributed by atoms with Crippen molar-refractivity contribution in [2.45, 2.75) is 19.3 Å². The van der Waals surface area contributed by atoms with E-state index in [0.29, 0.717) is 0 Å². The molecule has 0 radical (unpaired) electrons. The van der Waals surface area contributed by atoms with Crippen LogP contribution in [0.3, 0.4) is 0 Å². The van der Waals surface area contributed by atoms with Crippen molar-refractivity contribution < 1.29 is 0 Å². The summed E-state index contributed by atoms with van der Waals surface area (Å²) in [7, 11) is 0. The van der Waals surface area contributed by atoms with Crippen molar-refractivity contribution in [3.63, 3.8) is 0 Å². The minimum absolute atomic E-state index is 0.0536. The van der Waals surface area contributed by atoms with Gasteiger partial charge in [-0.25, -0.2) is 0 Å². The van der Waals surface area contributed by atoms with E-state index >= 15 is 0 Å². The minimum atomic E-state index is -0.0536. The van der Waals surface area contributed by atoms with E-state index in [1.165, 1.54) is 88.2 Å². The fourth-order valence-electron chi connectivity index (χ4n) is 10.2. The molecule has 11 aromatic rings. The zero-order valence-corrected chi connectivity index (χ0v) is 35.3. The first kappa shape index (κ1) is 36.9. The molecule has 0 atom stereocenters. The highest BCUT2D eigenvalue weighted by molar-refractivity contribution is 6.17. The predicted octanol–water partition coefficient (Wildman–Crippen LogP) is 16.7. The van der Waals surface area contributed by atoms with Gasteiger partial charge < -0.3 is 9.47 Å². The summed E-state index contributed by atoms with van der Waals surface area (Å²) in [6.45, 7) is 4.73. The molecule has 0 bridgehead atoms. The molecule has 0 spiro atoms. The molecular formula is C61H44N2. The van der Waals surface area contributed by atoms with Gasteiger partial charge >= 0.3 is 0 Å². The highest BCUT2D eigenvalue weighted by atomic mass is 15.1. The molecule has 1 aliphatic carbocycles. The standard InChI is InChI=1S/C61H44N2/c1-61(2)56-24-13-12-23-52(56)60-53-40-55-54-38-46(30-36-58(54)63(49-21-10-5-11-22-49)59(55)39-47(53)29-35-57(60)61)45-18-14-17-44(37-45)43-27-33-51(34-28-43)62(48-19-8-4-9-20-48)50-31-25-42(26-32-50)41-15-6-3-7-16-41/h3-40H,1-2H3. The number of hydrogen-bond acceptors (Lipinski definition) is 1. The number of rotatable bonds is 7. The lowest BCUT2D eigenvalue weighted by Crippen LogP contribution is -2.14. The average molecular weight is 805 g/mol. The van der Waals surface area contributed by atoms with Crippen LogP contribution in [0.5, 0.6) is 0 Å². The first-order valence-corrected chi connectivity index (χ1v) is 21.9. The first-order valence-electron chi connectivity index (χ1n) is 21.9. The summed E-state index contributed by atoms with van der Waals surface area (Å²) >= 11 is 0. The van der Waals surface area contributed by atoms with Gasteiger partial charge in [0.05, 0.1) is 11.0 Å². The van der Waals surface area contributed by atoms with Crippen molar-refractivity contribution in [2.24, 2.45) is 0 Å². The third-order valence-electron chi connectivity index (χ3n) is 13.4. The first-order chi connectivity index (χ1) is 31.0. The molecule has 1 heterocycles. The second-order valence-corrected chi connectivity index (χ2v) is 17.4. The summed E-state index contributed by atoms with van der Waals surface area (Å²) in [6, 6.07) is 84.4. The van der Waals surface area contributed by atoms with Crippen LogP contribution in [-0.4, -0.2) is 4.57 Å². The van der Waals surface area contributed by atoms with Crippen LogP contribution in [0.15, 0.2) is 231 Å². The lowest BCUT2D eigenvalue weighted by atomic mass is 9.82. The van der Waals surface area contributed by atoms with E-state index in [1.54, 1.807) is 0 Å². The van der Waals surface area contributed by atoms with Gasteiger partial charge in [0.15, 0.2) is 0 Å². The molecule has 2 heteroatoms. The van der Waals surface area contributed by atoms with E-state index in [4.69, 9.17) is 0 Å². The molecule has 1 aromatic heterocycles. The predicted molar refractivity (Wildman–Crippen MR) is 267 cm³/mol. The Morgan fingerprint density at radius 2 is 0.873 bits per heavy atom. The average Bonchev–Trinajstić information content (AvgIpc) is 3.79. The fourth-order valence-corrected chi connectivity index (χ4v) is 10.2. The molecule has 0 fully saturated rings. The Labute approximate surface area is 368 Å². The molecule has 0 aliphatic heterocycles. The topological polar surface area (TPSA) is 8.17 Å². The monoisotopic (exact) mass is 804 g/mol. The third-order valence-corrected chi connectivity index (χ3v) is 13.4. The fraction of sp³-hybridized carbons (Fsp3) is 0.0492. The van der Waals surface area contributed by atoms with Crippen LogP contribution in [-0.2, 0) is 5.41 Å². The number of benzene rings is 10. The summed E-state index contributed by atoms with van der Waals surface area (Å²) in [4.78, 5) is 2.33. The molecule has 0 unspecified atom stereocenters. The summed E-state index contributed by atoms with van der Waals surface area (Å²) < 4.78 is 2.44. The largest absolute Gasteiger partial charge is 0.311 e. The molecule has 10 aromatic carbocycles. The van der Waals surface area contributed by atoms with E-state index in [9.17, 15) is 0 Å². The van der Waals surface area contributed by atoms with Gasteiger partial charge in [-0.05, 0) is 145 Å². The minimum Gasteiger partial charge on any atom is -0.311 e. The Balaban J connectivity index is 0.944. The van der Waals surface area contributed by atoms with Gasteiger partial charge in [-0.2, -0.15) is 0 Å². The zero-order valence-electron chi connectivity index (χ0n) is 35.3. The van der Waals surface area contributed by atoms with E-state index < -0.39 is 0 Å². The van der Waals surface area contributed by atoms with E-state index in [1.807, 2.05) is 0 Å². The lowest BCUT2D eigenvalue weighted by Gasteiger charge is -2.26. The number of hydrogen-bond donors (Lipinski definition) is 0. The van der Waals surface area contributed by atoms with Crippen molar-refractivity contribution in [3.8, 4) is 50.2 Å². The molecule has 63 heavy (non-hydrogen) atoms. The maximum atomic E-state index is 2.47. The van der Waals surface area contributed by atoms with Crippen LogP contribution in [0.1, 0.15) is 25.0 Å². The highest BCUT2D eigenvalue weighted by Gasteiger charge is 2.36. The van der Waals surface area contributed by atoms with Gasteiger partial charge in [0.2, 0.25) is 0 Å². The Morgan fingerprint density at radius 3 is 1.59 bits per heavy atom. The SMILES string of the molecule is CC1(C)c2ccccc2-c2c1ccc1cc3c(cc21)c1cc(-c2cccc(-c4ccc(N(c5ccccc5)c5ccc(-c6ccccc6)cc5)cc4)c2)ccc1n3-c1ccccc1. The van der Waals surface area contributed by atoms with Crippen LogP contribution in [0, 0.1) is 0 Å². The molecule has 0 amide bonds. The van der Waals surface area contributed by atoms with Gasteiger partial charge in [-0.15, -0.1) is 0 Å². The van der Waals surface area contributed by atoms with Gasteiger partial charge in [0.25, 0.3) is 0 Å². The summed E-state index contributed by atoms with van der Waals surface area (Å²) in [5, 5.41) is 5.10. The van der Waals surface area contributed by atoms with Gasteiger partial charge in [0, 0.05) is 38.9 Å². The van der Waals surface area contributed by atoms with Crippen LogP contribution in [0.25, 0.3) is 82.8 Å². The normalized spacial score (nSPS) is 12.7. The number of fused-ring (bicyclic) bond motifs is 8. The van der Waals surface area contributed by atoms with Crippen LogP contribution < -0.4 is 4.90 Å². The van der Waals surface area contributed by atoms with E-state index in [2.05, 4.69) is 254 Å². The summed E-state index contributed by atoms with van der Waals surface area (Å²) in [5.41, 5.74) is 19.6. The second kappa shape index (κ2) is 14.6. The third kappa shape index (κ3) is 6.09. The second-order valence-electron chi connectivity index (χ2n) is 17.4. The molecule has 298 valence electrons. The van der Waals surface area contributed by atoms with Gasteiger partial charge in [0.1, 0.15) is 0 Å². The van der Waals surface area contributed by atoms with Crippen molar-refractivity contribution in [1.82, 2.24) is 4.57 Å². The maximum absolute atomic E-state index is 2.47. The van der Waals surface area contributed by atoms with Crippen molar-refractivity contribution in [2.75, 3.05) is 4.90 Å². The molecule has 0 saturated heterocycles. The number of anilines is 3. The molecule has 0 N–H and O–H groups in total. The van der Waals surface area contributed by atoms with Crippen molar-refractivity contribution >= 4 is 49.6 Å². The number of para-hydroxylation sites is 2. The van der Waals surface area contributed by atoms with Crippen LogP contribution >= 0.6 is 0 Å². The molecule has 2 nitrogen and oxygen atoms in total. The Morgan fingerprint density at radius 1 is 0.349 bits per heavy atom. The number of aromatic nitrogens is 1. The van der Waals surface area contributed by atoms with E-state index in [-0.39, 0.29) is 5.41 Å². The maximum Gasteiger partial charge on any atom is 0.0547 e. The van der Waals surface area contributed by atoms with Crippen molar-refractivity contribution in [1.29, 1.82) is 0 Å². The summed E-state index contributed by atoms with van der Waals surface area (Å²) in [5.74, 6) is 0.